The largest absolute Gasteiger partial charge is 0.491 e. The molecule has 4 rings (SSSR count). The summed E-state index contributed by atoms with van der Waals surface area (Å²) < 4.78 is 10.9. The van der Waals surface area contributed by atoms with Crippen molar-refractivity contribution >= 4 is 11.6 Å². The number of rotatable bonds is 7. The lowest BCUT2D eigenvalue weighted by Gasteiger charge is -2.47. The fourth-order valence-corrected chi connectivity index (χ4v) is 3.81. The van der Waals surface area contributed by atoms with E-state index >= 15 is 0 Å². The molecule has 1 aliphatic rings. The van der Waals surface area contributed by atoms with E-state index in [1.54, 1.807) is 7.11 Å². The maximum absolute atomic E-state index is 13.5. The van der Waals surface area contributed by atoms with Gasteiger partial charge in [0.2, 0.25) is 0 Å². The van der Waals surface area contributed by atoms with E-state index in [0.29, 0.717) is 25.3 Å². The van der Waals surface area contributed by atoms with Crippen LogP contribution in [0.2, 0.25) is 0 Å². The van der Waals surface area contributed by atoms with Gasteiger partial charge < -0.3 is 19.7 Å². The van der Waals surface area contributed by atoms with Gasteiger partial charge in [-0.3, -0.25) is 4.79 Å². The number of benzene rings is 3. The van der Waals surface area contributed by atoms with E-state index in [1.165, 1.54) is 0 Å². The molecule has 1 heterocycles. The van der Waals surface area contributed by atoms with Gasteiger partial charge in [-0.25, -0.2) is 0 Å². The first kappa shape index (κ1) is 20.0. The third-order valence-electron chi connectivity index (χ3n) is 5.46. The van der Waals surface area contributed by atoms with Gasteiger partial charge in [-0.1, -0.05) is 54.6 Å². The second-order valence-corrected chi connectivity index (χ2v) is 7.49. The van der Waals surface area contributed by atoms with E-state index < -0.39 is 5.66 Å². The molecule has 0 saturated heterocycles. The summed E-state index contributed by atoms with van der Waals surface area (Å²) in [5.74, 6) is 0.750. The lowest BCUT2D eigenvalue weighted by Crippen LogP contribution is -2.55. The van der Waals surface area contributed by atoms with Crippen LogP contribution in [0.5, 0.6) is 5.75 Å². The van der Waals surface area contributed by atoms with Crippen molar-refractivity contribution in [1.29, 1.82) is 0 Å². The van der Waals surface area contributed by atoms with Gasteiger partial charge in [-0.15, -0.1) is 0 Å². The zero-order valence-corrected chi connectivity index (χ0v) is 17.3. The molecule has 3 aromatic carbocycles. The van der Waals surface area contributed by atoms with E-state index in [-0.39, 0.29) is 5.91 Å². The Labute approximate surface area is 177 Å². The minimum atomic E-state index is -0.734. The van der Waals surface area contributed by atoms with Crippen LogP contribution in [0.3, 0.4) is 0 Å². The second-order valence-electron chi connectivity index (χ2n) is 7.49. The highest BCUT2D eigenvalue weighted by Gasteiger charge is 2.42. The summed E-state index contributed by atoms with van der Waals surface area (Å²) in [6, 6.07) is 25.6. The summed E-state index contributed by atoms with van der Waals surface area (Å²) in [5, 5.41) is 3.61. The Bertz CT molecular complexity index is 1020. The Balaban J connectivity index is 1.74. The SMILES string of the molecule is COCCOc1cccc(C2(C)Nc3ccccc3C(=O)N2Cc2ccccc2)c1. The van der Waals surface area contributed by atoms with Crippen LogP contribution >= 0.6 is 0 Å². The monoisotopic (exact) mass is 402 g/mol. The van der Waals surface area contributed by atoms with Crippen LogP contribution < -0.4 is 10.1 Å². The third-order valence-corrected chi connectivity index (χ3v) is 5.46. The molecule has 154 valence electrons. The van der Waals surface area contributed by atoms with E-state index in [4.69, 9.17) is 9.47 Å². The van der Waals surface area contributed by atoms with Gasteiger partial charge >= 0.3 is 0 Å². The molecule has 1 unspecified atom stereocenters. The summed E-state index contributed by atoms with van der Waals surface area (Å²) in [7, 11) is 1.65. The van der Waals surface area contributed by atoms with Gasteiger partial charge in [0.05, 0.1) is 12.2 Å². The molecule has 0 spiro atoms. The summed E-state index contributed by atoms with van der Waals surface area (Å²) in [6.45, 7) is 3.52. The standard InChI is InChI=1S/C25H26N2O3/c1-25(20-11-8-12-21(17-20)30-16-15-29-2)26-23-14-7-6-13-22(23)24(28)27(25)18-19-9-4-3-5-10-19/h3-14,17,26H,15-16,18H2,1-2H3. The van der Waals surface area contributed by atoms with Crippen LogP contribution in [-0.4, -0.2) is 31.1 Å². The van der Waals surface area contributed by atoms with Gasteiger partial charge in [0, 0.05) is 24.9 Å². The Morgan fingerprint density at radius 2 is 1.70 bits per heavy atom. The van der Waals surface area contributed by atoms with Gasteiger partial charge in [-0.05, 0) is 36.8 Å². The van der Waals surface area contributed by atoms with Crippen LogP contribution in [0, 0.1) is 0 Å². The molecule has 1 amide bonds. The second kappa shape index (κ2) is 8.59. The zero-order chi connectivity index (χ0) is 21.0. The number of para-hydroxylation sites is 1. The third kappa shape index (κ3) is 3.89. The van der Waals surface area contributed by atoms with Crippen LogP contribution in [0.25, 0.3) is 0 Å². The number of fused-ring (bicyclic) bond motifs is 1. The van der Waals surface area contributed by atoms with Gasteiger partial charge in [-0.2, -0.15) is 0 Å². The number of nitrogens with one attached hydrogen (secondary N) is 1. The molecule has 30 heavy (non-hydrogen) atoms. The average Bonchev–Trinajstić information content (AvgIpc) is 2.78. The first-order valence-corrected chi connectivity index (χ1v) is 10.1. The number of nitrogens with zero attached hydrogens (tertiary/aromatic N) is 1. The molecule has 0 radical (unpaired) electrons. The highest BCUT2D eigenvalue weighted by Crippen LogP contribution is 2.39. The molecule has 5 nitrogen and oxygen atoms in total. The molecule has 1 aliphatic heterocycles. The molecule has 5 heteroatoms. The normalized spacial score (nSPS) is 17.9. The van der Waals surface area contributed by atoms with Crippen LogP contribution in [-0.2, 0) is 16.9 Å². The van der Waals surface area contributed by atoms with E-state index in [2.05, 4.69) is 5.32 Å². The van der Waals surface area contributed by atoms with Crippen molar-refractivity contribution in [3.8, 4) is 5.75 Å². The highest BCUT2D eigenvalue weighted by atomic mass is 16.5. The topological polar surface area (TPSA) is 50.8 Å². The Morgan fingerprint density at radius 1 is 0.933 bits per heavy atom. The highest BCUT2D eigenvalue weighted by molar-refractivity contribution is 6.02. The quantitative estimate of drug-likeness (QED) is 0.585. The molecule has 0 aromatic heterocycles. The molecule has 0 bridgehead atoms. The fraction of sp³-hybridized carbons (Fsp3) is 0.240. The number of methoxy groups -OCH3 is 1. The van der Waals surface area contributed by atoms with E-state index in [0.717, 1.165) is 22.6 Å². The number of anilines is 1. The summed E-state index contributed by atoms with van der Waals surface area (Å²) >= 11 is 0. The summed E-state index contributed by atoms with van der Waals surface area (Å²) in [6.07, 6.45) is 0. The van der Waals surface area contributed by atoms with Crippen molar-refractivity contribution in [1.82, 2.24) is 4.90 Å². The Hall–Kier alpha value is -3.31. The number of carbonyl (C=O) groups excluding carboxylic acids is 1. The molecule has 3 aromatic rings. The number of amides is 1. The molecule has 0 aliphatic carbocycles. The molecule has 0 saturated carbocycles. The molecule has 1 atom stereocenters. The van der Waals surface area contributed by atoms with Crippen molar-refractivity contribution in [2.45, 2.75) is 19.1 Å². The smallest absolute Gasteiger partial charge is 0.258 e. The minimum Gasteiger partial charge on any atom is -0.491 e. The summed E-state index contributed by atoms with van der Waals surface area (Å²) in [4.78, 5) is 15.4. The molecule has 1 N–H and O–H groups in total. The van der Waals surface area contributed by atoms with Crippen LogP contribution in [0.15, 0.2) is 78.9 Å². The first-order chi connectivity index (χ1) is 14.6. The lowest BCUT2D eigenvalue weighted by atomic mass is 9.92. The van der Waals surface area contributed by atoms with E-state index in [9.17, 15) is 4.79 Å². The molecular formula is C25H26N2O3. The first-order valence-electron chi connectivity index (χ1n) is 10.1. The predicted molar refractivity (Wildman–Crippen MR) is 118 cm³/mol. The number of hydrogen-bond acceptors (Lipinski definition) is 4. The Morgan fingerprint density at radius 3 is 2.50 bits per heavy atom. The maximum atomic E-state index is 13.5. The zero-order valence-electron chi connectivity index (χ0n) is 17.3. The van der Waals surface area contributed by atoms with Crippen LogP contribution in [0.4, 0.5) is 5.69 Å². The van der Waals surface area contributed by atoms with Gasteiger partial charge in [0.1, 0.15) is 18.0 Å². The van der Waals surface area contributed by atoms with Crippen molar-refractivity contribution in [3.63, 3.8) is 0 Å². The fourth-order valence-electron chi connectivity index (χ4n) is 3.81. The van der Waals surface area contributed by atoms with Gasteiger partial charge in [0.25, 0.3) is 5.91 Å². The van der Waals surface area contributed by atoms with Crippen molar-refractivity contribution in [2.24, 2.45) is 0 Å². The predicted octanol–water partition coefficient (Wildman–Crippen LogP) is 4.65. The van der Waals surface area contributed by atoms with E-state index in [1.807, 2.05) is 90.7 Å². The Kier molecular flexibility index (Phi) is 5.72. The van der Waals surface area contributed by atoms with Crippen molar-refractivity contribution in [3.05, 3.63) is 95.6 Å². The number of carbonyl (C=O) groups is 1. The van der Waals surface area contributed by atoms with Crippen molar-refractivity contribution in [2.75, 3.05) is 25.6 Å². The number of ether oxygens (including phenoxy) is 2. The number of hydrogen-bond donors (Lipinski definition) is 1. The van der Waals surface area contributed by atoms with Crippen LogP contribution in [0.1, 0.15) is 28.4 Å². The average molecular weight is 402 g/mol. The lowest BCUT2D eigenvalue weighted by molar-refractivity contribution is 0.0508. The maximum Gasteiger partial charge on any atom is 0.258 e. The molecule has 0 fully saturated rings. The minimum absolute atomic E-state index is 0.00130. The summed E-state index contributed by atoms with van der Waals surface area (Å²) in [5.41, 5.74) is 2.81. The van der Waals surface area contributed by atoms with Gasteiger partial charge in [0.15, 0.2) is 0 Å². The van der Waals surface area contributed by atoms with Crippen molar-refractivity contribution < 1.29 is 14.3 Å². The molecular weight excluding hydrogens is 376 g/mol.